The van der Waals surface area contributed by atoms with Crippen molar-refractivity contribution in [3.05, 3.63) is 0 Å². The molecule has 1 aliphatic rings. The van der Waals surface area contributed by atoms with Crippen molar-refractivity contribution < 1.29 is 9.90 Å². The van der Waals surface area contributed by atoms with Crippen molar-refractivity contribution in [2.45, 2.75) is 12.5 Å². The Hall–Kier alpha value is -0.990. The van der Waals surface area contributed by atoms with Crippen LogP contribution < -0.4 is 5.32 Å². The van der Waals surface area contributed by atoms with E-state index in [1.54, 1.807) is 0 Å². The lowest BCUT2D eigenvalue weighted by atomic mass is 10.1. The number of nitrogens with one attached hydrogen (secondary N) is 1. The van der Waals surface area contributed by atoms with Crippen LogP contribution in [0.15, 0.2) is 0 Å². The standard InChI is InChI=1S/C7H11N3O2.ClH/c8-2-1-6-5-9-3-4-10(6)7(11)12;/h6,9H,1,3-5H2,(H,11,12);1H/t6-;/m0./s1. The smallest absolute Gasteiger partial charge is 0.407 e. The molecule has 1 heterocycles. The molecule has 1 fully saturated rings. The minimum Gasteiger partial charge on any atom is -0.465 e. The van der Waals surface area contributed by atoms with E-state index in [0.717, 1.165) is 0 Å². The van der Waals surface area contributed by atoms with Crippen LogP contribution in [-0.4, -0.2) is 41.8 Å². The second kappa shape index (κ2) is 5.62. The molecule has 1 aliphatic heterocycles. The molecule has 0 bridgehead atoms. The molecule has 1 rings (SSSR count). The molecule has 2 N–H and O–H groups in total. The summed E-state index contributed by atoms with van der Waals surface area (Å²) >= 11 is 0. The average molecular weight is 206 g/mol. The SMILES string of the molecule is Cl.N#CC[C@H]1CNCCN1C(=O)O. The molecule has 1 saturated heterocycles. The molecule has 0 saturated carbocycles. The third kappa shape index (κ3) is 3.09. The molecular formula is C7H12ClN3O2. The normalized spacial score (nSPS) is 21.5. The lowest BCUT2D eigenvalue weighted by molar-refractivity contribution is 0.113. The predicted octanol–water partition coefficient (Wildman–Crippen LogP) is 0.274. The first-order valence-electron chi connectivity index (χ1n) is 3.83. The van der Waals surface area contributed by atoms with E-state index in [1.165, 1.54) is 4.90 Å². The van der Waals surface area contributed by atoms with Gasteiger partial charge in [0.15, 0.2) is 0 Å². The predicted molar refractivity (Wildman–Crippen MR) is 48.9 cm³/mol. The first kappa shape index (κ1) is 12.0. The summed E-state index contributed by atoms with van der Waals surface area (Å²) in [5.74, 6) is 0. The Labute approximate surface area is 82.7 Å². The van der Waals surface area contributed by atoms with E-state index < -0.39 is 6.09 Å². The molecule has 13 heavy (non-hydrogen) atoms. The molecule has 0 aromatic heterocycles. The Morgan fingerprint density at radius 2 is 2.46 bits per heavy atom. The van der Waals surface area contributed by atoms with E-state index >= 15 is 0 Å². The molecule has 0 aliphatic carbocycles. The van der Waals surface area contributed by atoms with Crippen LogP contribution >= 0.6 is 12.4 Å². The number of carbonyl (C=O) groups is 1. The van der Waals surface area contributed by atoms with Gasteiger partial charge < -0.3 is 15.3 Å². The van der Waals surface area contributed by atoms with Gasteiger partial charge in [-0.25, -0.2) is 4.79 Å². The highest BCUT2D eigenvalue weighted by molar-refractivity contribution is 5.85. The number of amides is 1. The topological polar surface area (TPSA) is 76.4 Å². The van der Waals surface area contributed by atoms with Gasteiger partial charge in [0.2, 0.25) is 0 Å². The van der Waals surface area contributed by atoms with Crippen molar-refractivity contribution in [2.75, 3.05) is 19.6 Å². The first-order valence-corrected chi connectivity index (χ1v) is 3.83. The highest BCUT2D eigenvalue weighted by Gasteiger charge is 2.25. The summed E-state index contributed by atoms with van der Waals surface area (Å²) in [6, 6.07) is 1.80. The van der Waals surface area contributed by atoms with Crippen molar-refractivity contribution in [1.82, 2.24) is 10.2 Å². The van der Waals surface area contributed by atoms with Crippen LogP contribution in [0, 0.1) is 11.3 Å². The molecule has 1 amide bonds. The number of nitriles is 1. The summed E-state index contributed by atoms with van der Waals surface area (Å²) in [5.41, 5.74) is 0. The third-order valence-electron chi connectivity index (χ3n) is 1.92. The number of carboxylic acid groups (broad SMARTS) is 1. The fourth-order valence-corrected chi connectivity index (χ4v) is 1.30. The van der Waals surface area contributed by atoms with Gasteiger partial charge in [0.1, 0.15) is 0 Å². The first-order chi connectivity index (χ1) is 5.75. The monoisotopic (exact) mass is 205 g/mol. The Kier molecular flexibility index (Phi) is 5.19. The molecule has 6 heteroatoms. The number of hydrogen-bond donors (Lipinski definition) is 2. The van der Waals surface area contributed by atoms with Gasteiger partial charge in [-0.2, -0.15) is 5.26 Å². The fourth-order valence-electron chi connectivity index (χ4n) is 1.30. The number of rotatable bonds is 1. The van der Waals surface area contributed by atoms with E-state index in [1.807, 2.05) is 6.07 Å². The Balaban J connectivity index is 0.00000144. The average Bonchev–Trinajstić information content (AvgIpc) is 2.05. The van der Waals surface area contributed by atoms with Crippen LogP contribution in [0.25, 0.3) is 0 Å². The number of piperazine rings is 1. The zero-order valence-corrected chi connectivity index (χ0v) is 7.88. The largest absolute Gasteiger partial charge is 0.465 e. The minimum atomic E-state index is -0.934. The number of nitrogens with zero attached hydrogens (tertiary/aromatic N) is 2. The highest BCUT2D eigenvalue weighted by atomic mass is 35.5. The molecule has 1 atom stereocenters. The van der Waals surface area contributed by atoms with Crippen molar-refractivity contribution in [1.29, 1.82) is 5.26 Å². The van der Waals surface area contributed by atoms with Gasteiger partial charge in [-0.05, 0) is 0 Å². The van der Waals surface area contributed by atoms with Crippen LogP contribution in [-0.2, 0) is 0 Å². The van der Waals surface area contributed by atoms with Gasteiger partial charge in [0.05, 0.1) is 18.5 Å². The van der Waals surface area contributed by atoms with E-state index in [4.69, 9.17) is 10.4 Å². The number of hydrogen-bond acceptors (Lipinski definition) is 3. The quantitative estimate of drug-likeness (QED) is 0.645. The zero-order chi connectivity index (χ0) is 8.97. The maximum Gasteiger partial charge on any atom is 0.407 e. The summed E-state index contributed by atoms with van der Waals surface area (Å²) < 4.78 is 0. The highest BCUT2D eigenvalue weighted by Crippen LogP contribution is 2.06. The Morgan fingerprint density at radius 3 is 3.00 bits per heavy atom. The summed E-state index contributed by atoms with van der Waals surface area (Å²) in [6.45, 7) is 1.73. The minimum absolute atomic E-state index is 0. The summed E-state index contributed by atoms with van der Waals surface area (Å²) in [6.07, 6.45) is -0.670. The summed E-state index contributed by atoms with van der Waals surface area (Å²) in [7, 11) is 0. The maximum atomic E-state index is 10.6. The van der Waals surface area contributed by atoms with Crippen LogP contribution in [0.1, 0.15) is 6.42 Å². The van der Waals surface area contributed by atoms with Crippen molar-refractivity contribution in [3.8, 4) is 6.07 Å². The van der Waals surface area contributed by atoms with E-state index in [0.29, 0.717) is 19.6 Å². The number of halogens is 1. The molecule has 0 unspecified atom stereocenters. The van der Waals surface area contributed by atoms with Gasteiger partial charge in [-0.1, -0.05) is 0 Å². The van der Waals surface area contributed by atoms with Crippen LogP contribution in [0.3, 0.4) is 0 Å². The summed E-state index contributed by atoms with van der Waals surface area (Å²) in [4.78, 5) is 11.9. The fraction of sp³-hybridized carbons (Fsp3) is 0.714. The zero-order valence-electron chi connectivity index (χ0n) is 7.06. The lowest BCUT2D eigenvalue weighted by Crippen LogP contribution is -2.53. The van der Waals surface area contributed by atoms with E-state index in [-0.39, 0.29) is 24.9 Å². The van der Waals surface area contributed by atoms with Crippen molar-refractivity contribution in [2.24, 2.45) is 0 Å². The van der Waals surface area contributed by atoms with E-state index in [9.17, 15) is 4.79 Å². The van der Waals surface area contributed by atoms with Gasteiger partial charge in [0.25, 0.3) is 0 Å². The van der Waals surface area contributed by atoms with Gasteiger partial charge in [-0.15, -0.1) is 12.4 Å². The molecule has 0 spiro atoms. The Morgan fingerprint density at radius 1 is 1.77 bits per heavy atom. The molecule has 0 radical (unpaired) electrons. The van der Waals surface area contributed by atoms with Crippen LogP contribution in [0.5, 0.6) is 0 Å². The van der Waals surface area contributed by atoms with Crippen molar-refractivity contribution >= 4 is 18.5 Å². The second-order valence-corrected chi connectivity index (χ2v) is 2.70. The van der Waals surface area contributed by atoms with Gasteiger partial charge in [0, 0.05) is 19.6 Å². The van der Waals surface area contributed by atoms with Gasteiger partial charge in [-0.3, -0.25) is 0 Å². The molecule has 0 aromatic rings. The second-order valence-electron chi connectivity index (χ2n) is 2.70. The molecule has 74 valence electrons. The van der Waals surface area contributed by atoms with Crippen LogP contribution in [0.2, 0.25) is 0 Å². The third-order valence-corrected chi connectivity index (χ3v) is 1.92. The van der Waals surface area contributed by atoms with E-state index in [2.05, 4.69) is 5.32 Å². The lowest BCUT2D eigenvalue weighted by Gasteiger charge is -2.32. The Bertz CT molecular complexity index is 216. The van der Waals surface area contributed by atoms with Gasteiger partial charge >= 0.3 is 6.09 Å². The summed E-state index contributed by atoms with van der Waals surface area (Å²) in [5, 5.41) is 20.2. The molecule has 0 aromatic carbocycles. The van der Waals surface area contributed by atoms with Crippen molar-refractivity contribution in [3.63, 3.8) is 0 Å². The van der Waals surface area contributed by atoms with Crippen LogP contribution in [0.4, 0.5) is 4.79 Å². The molecular weight excluding hydrogens is 194 g/mol. The molecule has 5 nitrogen and oxygen atoms in total. The maximum absolute atomic E-state index is 10.6.